The maximum atomic E-state index is 12.4. The second-order valence-corrected chi connectivity index (χ2v) is 5.12. The molecule has 2 atom stereocenters. The van der Waals surface area contributed by atoms with Crippen molar-refractivity contribution in [2.24, 2.45) is 5.92 Å². The molecule has 2 aliphatic heterocycles. The van der Waals surface area contributed by atoms with Crippen LogP contribution in [0.25, 0.3) is 0 Å². The van der Waals surface area contributed by atoms with Crippen LogP contribution in [0.2, 0.25) is 0 Å². The van der Waals surface area contributed by atoms with Gasteiger partial charge in [-0.1, -0.05) is 0 Å². The first kappa shape index (κ1) is 11.7. The first-order valence-corrected chi connectivity index (χ1v) is 6.70. The zero-order valence-corrected chi connectivity index (χ0v) is 10.5. The molecule has 0 bridgehead atoms. The number of hydrogen-bond acceptors (Lipinski definition) is 3. The molecule has 2 aliphatic rings. The van der Waals surface area contributed by atoms with Crippen LogP contribution in [0.1, 0.15) is 19.3 Å². The molecule has 5 heteroatoms. The molecule has 2 fully saturated rings. The zero-order valence-electron chi connectivity index (χ0n) is 10.5. The fourth-order valence-electron chi connectivity index (χ4n) is 2.90. The Labute approximate surface area is 107 Å². The normalized spacial score (nSPS) is 27.9. The highest BCUT2D eigenvalue weighted by Crippen LogP contribution is 2.24. The predicted molar refractivity (Wildman–Crippen MR) is 65.9 cm³/mol. The van der Waals surface area contributed by atoms with Gasteiger partial charge in [-0.15, -0.1) is 0 Å². The first-order chi connectivity index (χ1) is 8.84. The lowest BCUT2D eigenvalue weighted by atomic mass is 10.1. The van der Waals surface area contributed by atoms with Crippen LogP contribution in [0.3, 0.4) is 0 Å². The van der Waals surface area contributed by atoms with Gasteiger partial charge < -0.3 is 9.64 Å². The summed E-state index contributed by atoms with van der Waals surface area (Å²) in [4.78, 5) is 14.4. The Balaban J connectivity index is 1.65. The summed E-state index contributed by atoms with van der Waals surface area (Å²) in [6, 6.07) is 2.23. The van der Waals surface area contributed by atoms with Gasteiger partial charge in [0.2, 0.25) is 5.91 Å². The Kier molecular flexibility index (Phi) is 3.32. The standard InChI is InChI=1S/C13H19N3O2/c17-13(11-4-8-18-10-11)16-7-1-3-12(16)9-15-6-2-5-14-15/h2,5-6,11-12H,1,3-4,7-10H2/t11-,12-/m1/s1. The number of hydrogen-bond donors (Lipinski definition) is 0. The summed E-state index contributed by atoms with van der Waals surface area (Å²) in [5, 5.41) is 4.23. The SMILES string of the molecule is O=C([C@@H]1CCOC1)N1CCC[C@@H]1Cn1cccn1. The fourth-order valence-corrected chi connectivity index (χ4v) is 2.90. The van der Waals surface area contributed by atoms with Crippen LogP contribution in [0.4, 0.5) is 0 Å². The summed E-state index contributed by atoms with van der Waals surface area (Å²) in [7, 11) is 0. The van der Waals surface area contributed by atoms with E-state index in [9.17, 15) is 4.79 Å². The van der Waals surface area contributed by atoms with Crippen molar-refractivity contribution in [3.8, 4) is 0 Å². The largest absolute Gasteiger partial charge is 0.381 e. The third-order valence-electron chi connectivity index (χ3n) is 3.90. The molecule has 0 unspecified atom stereocenters. The monoisotopic (exact) mass is 249 g/mol. The second-order valence-electron chi connectivity index (χ2n) is 5.12. The maximum absolute atomic E-state index is 12.4. The molecule has 3 heterocycles. The van der Waals surface area contributed by atoms with Gasteiger partial charge in [0.25, 0.3) is 0 Å². The van der Waals surface area contributed by atoms with E-state index in [4.69, 9.17) is 4.74 Å². The number of ether oxygens (including phenoxy) is 1. The van der Waals surface area contributed by atoms with Crippen molar-refractivity contribution in [3.63, 3.8) is 0 Å². The molecule has 3 rings (SSSR count). The number of carbonyl (C=O) groups excluding carboxylic acids is 1. The van der Waals surface area contributed by atoms with Crippen LogP contribution in [0, 0.1) is 5.92 Å². The number of carbonyl (C=O) groups is 1. The molecule has 98 valence electrons. The lowest BCUT2D eigenvalue weighted by Crippen LogP contribution is -2.41. The molecular formula is C13H19N3O2. The van der Waals surface area contributed by atoms with E-state index in [2.05, 4.69) is 5.10 Å². The van der Waals surface area contributed by atoms with E-state index in [0.717, 1.165) is 39.0 Å². The Morgan fingerprint density at radius 3 is 3.11 bits per heavy atom. The lowest BCUT2D eigenvalue weighted by Gasteiger charge is -2.27. The first-order valence-electron chi connectivity index (χ1n) is 6.70. The molecule has 1 aromatic rings. The highest BCUT2D eigenvalue weighted by atomic mass is 16.5. The molecule has 0 N–H and O–H groups in total. The number of aromatic nitrogens is 2. The van der Waals surface area contributed by atoms with Gasteiger partial charge in [-0.05, 0) is 25.3 Å². The molecule has 0 aromatic carbocycles. The third kappa shape index (κ3) is 2.27. The van der Waals surface area contributed by atoms with Crippen molar-refractivity contribution in [1.29, 1.82) is 0 Å². The molecule has 18 heavy (non-hydrogen) atoms. The molecule has 5 nitrogen and oxygen atoms in total. The smallest absolute Gasteiger partial charge is 0.228 e. The van der Waals surface area contributed by atoms with Gasteiger partial charge in [-0.25, -0.2) is 0 Å². The summed E-state index contributed by atoms with van der Waals surface area (Å²) >= 11 is 0. The van der Waals surface area contributed by atoms with Crippen LogP contribution in [-0.4, -0.2) is 46.4 Å². The summed E-state index contributed by atoms with van der Waals surface area (Å²) in [5.41, 5.74) is 0. The zero-order chi connectivity index (χ0) is 12.4. The average molecular weight is 249 g/mol. The van der Waals surface area contributed by atoms with Crippen LogP contribution in [-0.2, 0) is 16.1 Å². The van der Waals surface area contributed by atoms with Crippen LogP contribution in [0.15, 0.2) is 18.5 Å². The number of amides is 1. The van der Waals surface area contributed by atoms with E-state index < -0.39 is 0 Å². The average Bonchev–Trinajstić information content (AvgIpc) is 3.12. The number of nitrogens with zero attached hydrogens (tertiary/aromatic N) is 3. The van der Waals surface area contributed by atoms with E-state index in [-0.39, 0.29) is 11.8 Å². The van der Waals surface area contributed by atoms with Crippen LogP contribution in [0.5, 0.6) is 0 Å². The van der Waals surface area contributed by atoms with Gasteiger partial charge >= 0.3 is 0 Å². The van der Waals surface area contributed by atoms with Gasteiger partial charge in [0, 0.05) is 25.5 Å². The summed E-state index contributed by atoms with van der Waals surface area (Å²) in [5.74, 6) is 0.366. The molecule has 0 radical (unpaired) electrons. The summed E-state index contributed by atoms with van der Waals surface area (Å²) in [6.45, 7) is 3.03. The minimum Gasteiger partial charge on any atom is -0.381 e. The number of likely N-dealkylation sites (tertiary alicyclic amines) is 1. The van der Waals surface area contributed by atoms with Crippen molar-refractivity contribution in [2.45, 2.75) is 31.8 Å². The van der Waals surface area contributed by atoms with Gasteiger partial charge in [-0.2, -0.15) is 5.10 Å². The van der Waals surface area contributed by atoms with E-state index in [1.165, 1.54) is 0 Å². The molecule has 1 amide bonds. The Bertz CT molecular complexity index is 398. The molecular weight excluding hydrogens is 230 g/mol. The van der Waals surface area contributed by atoms with Gasteiger partial charge in [0.15, 0.2) is 0 Å². The highest BCUT2D eigenvalue weighted by Gasteiger charge is 2.34. The lowest BCUT2D eigenvalue weighted by molar-refractivity contribution is -0.136. The van der Waals surface area contributed by atoms with Crippen molar-refractivity contribution in [2.75, 3.05) is 19.8 Å². The molecule has 0 aliphatic carbocycles. The number of rotatable bonds is 3. The summed E-state index contributed by atoms with van der Waals surface area (Å²) < 4.78 is 7.23. The quantitative estimate of drug-likeness (QED) is 0.800. The minimum atomic E-state index is 0.0863. The Morgan fingerprint density at radius 1 is 1.44 bits per heavy atom. The molecule has 0 saturated carbocycles. The van der Waals surface area contributed by atoms with Crippen molar-refractivity contribution in [3.05, 3.63) is 18.5 Å². The molecule has 0 spiro atoms. The summed E-state index contributed by atoms with van der Waals surface area (Å²) in [6.07, 6.45) is 6.81. The van der Waals surface area contributed by atoms with E-state index in [1.807, 2.05) is 21.8 Å². The third-order valence-corrected chi connectivity index (χ3v) is 3.90. The van der Waals surface area contributed by atoms with E-state index >= 15 is 0 Å². The van der Waals surface area contributed by atoms with Crippen LogP contribution >= 0.6 is 0 Å². The Hall–Kier alpha value is -1.36. The molecule has 2 saturated heterocycles. The maximum Gasteiger partial charge on any atom is 0.228 e. The van der Waals surface area contributed by atoms with Crippen molar-refractivity contribution in [1.82, 2.24) is 14.7 Å². The van der Waals surface area contributed by atoms with Gasteiger partial charge in [-0.3, -0.25) is 9.48 Å². The predicted octanol–water partition coefficient (Wildman–Crippen LogP) is 0.911. The van der Waals surface area contributed by atoms with Crippen molar-refractivity contribution < 1.29 is 9.53 Å². The fraction of sp³-hybridized carbons (Fsp3) is 0.692. The van der Waals surface area contributed by atoms with Gasteiger partial charge in [0.1, 0.15) is 0 Å². The van der Waals surface area contributed by atoms with Gasteiger partial charge in [0.05, 0.1) is 25.1 Å². The van der Waals surface area contributed by atoms with Crippen molar-refractivity contribution >= 4 is 5.91 Å². The highest BCUT2D eigenvalue weighted by molar-refractivity contribution is 5.79. The van der Waals surface area contributed by atoms with Crippen LogP contribution < -0.4 is 0 Å². The van der Waals surface area contributed by atoms with E-state index in [1.54, 1.807) is 6.20 Å². The molecule has 1 aromatic heterocycles. The Morgan fingerprint density at radius 2 is 2.39 bits per heavy atom. The topological polar surface area (TPSA) is 47.4 Å². The second kappa shape index (κ2) is 5.10. The van der Waals surface area contributed by atoms with E-state index in [0.29, 0.717) is 12.6 Å². The minimum absolute atomic E-state index is 0.0863.